The molecule has 3 nitrogen and oxygen atoms in total. The predicted molar refractivity (Wildman–Crippen MR) is 73.2 cm³/mol. The number of aliphatic hydroxyl groups excluding tert-OH is 1. The summed E-state index contributed by atoms with van der Waals surface area (Å²) in [4.78, 5) is 0. The summed E-state index contributed by atoms with van der Waals surface area (Å²) < 4.78 is 5.64. The molecule has 0 unspecified atom stereocenters. The molecule has 0 amide bonds. The Balaban J connectivity index is 2.11. The Bertz CT molecular complexity index is 401. The molecular formula is C15H23NO2. The van der Waals surface area contributed by atoms with E-state index in [1.54, 1.807) is 0 Å². The number of fused-ring (bicyclic) bond motifs is 1. The van der Waals surface area contributed by atoms with E-state index in [1.807, 2.05) is 0 Å². The average molecular weight is 249 g/mol. The van der Waals surface area contributed by atoms with E-state index < -0.39 is 0 Å². The second kappa shape index (κ2) is 5.72. The summed E-state index contributed by atoms with van der Waals surface area (Å²) in [6.45, 7) is 7.00. The van der Waals surface area contributed by atoms with E-state index in [4.69, 9.17) is 9.84 Å². The Kier molecular flexibility index (Phi) is 4.25. The van der Waals surface area contributed by atoms with Crippen molar-refractivity contribution in [1.82, 2.24) is 5.32 Å². The fraction of sp³-hybridized carbons (Fsp3) is 0.600. The van der Waals surface area contributed by atoms with E-state index in [1.165, 1.54) is 11.1 Å². The van der Waals surface area contributed by atoms with Crippen molar-refractivity contribution in [3.05, 3.63) is 29.3 Å². The van der Waals surface area contributed by atoms with Gasteiger partial charge < -0.3 is 15.2 Å². The summed E-state index contributed by atoms with van der Waals surface area (Å²) in [5.74, 6) is 1.05. The molecule has 1 heterocycles. The lowest BCUT2D eigenvalue weighted by Crippen LogP contribution is -2.34. The first kappa shape index (κ1) is 13.4. The van der Waals surface area contributed by atoms with Crippen molar-refractivity contribution in [2.45, 2.75) is 32.1 Å². The molecule has 0 spiro atoms. The molecule has 1 aromatic rings. The van der Waals surface area contributed by atoms with Crippen LogP contribution in [0.1, 0.15) is 31.4 Å². The summed E-state index contributed by atoms with van der Waals surface area (Å²) in [5.41, 5.74) is 2.73. The van der Waals surface area contributed by atoms with E-state index >= 15 is 0 Å². The van der Waals surface area contributed by atoms with Crippen molar-refractivity contribution >= 4 is 0 Å². The lowest BCUT2D eigenvalue weighted by Gasteiger charge is -2.28. The van der Waals surface area contributed by atoms with Gasteiger partial charge in [-0.15, -0.1) is 0 Å². The van der Waals surface area contributed by atoms with Crippen molar-refractivity contribution in [2.24, 2.45) is 0 Å². The lowest BCUT2D eigenvalue weighted by atomic mass is 9.83. The molecule has 1 aromatic carbocycles. The number of aliphatic hydroxyl groups is 1. The maximum absolute atomic E-state index is 8.81. The molecule has 0 aromatic heterocycles. The van der Waals surface area contributed by atoms with Gasteiger partial charge in [-0.25, -0.2) is 0 Å². The topological polar surface area (TPSA) is 41.5 Å². The highest BCUT2D eigenvalue weighted by molar-refractivity contribution is 5.41. The zero-order chi connectivity index (χ0) is 13.0. The van der Waals surface area contributed by atoms with Crippen LogP contribution in [0, 0.1) is 0 Å². The van der Waals surface area contributed by atoms with Gasteiger partial charge in [-0.1, -0.05) is 26.0 Å². The minimum Gasteiger partial charge on any atom is -0.493 e. The number of rotatable bonds is 5. The van der Waals surface area contributed by atoms with Crippen LogP contribution in [0.2, 0.25) is 0 Å². The predicted octanol–water partition coefficient (Wildman–Crippen LogP) is 1.87. The van der Waals surface area contributed by atoms with Crippen LogP contribution >= 0.6 is 0 Å². The number of hydrogen-bond acceptors (Lipinski definition) is 3. The third-order valence-corrected chi connectivity index (χ3v) is 3.55. The monoisotopic (exact) mass is 249 g/mol. The van der Waals surface area contributed by atoms with Crippen LogP contribution in [-0.2, 0) is 11.8 Å². The molecule has 18 heavy (non-hydrogen) atoms. The van der Waals surface area contributed by atoms with Crippen LogP contribution in [-0.4, -0.2) is 31.4 Å². The molecule has 3 heteroatoms. The van der Waals surface area contributed by atoms with Gasteiger partial charge in [-0.05, 0) is 30.0 Å². The molecule has 0 atom stereocenters. The SMILES string of the molecule is CC(C)(CNCCO)c1ccc2c(c1)CCCO2. The molecule has 0 saturated carbocycles. The average Bonchev–Trinajstić information content (AvgIpc) is 2.38. The molecule has 1 aliphatic rings. The van der Waals surface area contributed by atoms with Crippen LogP contribution < -0.4 is 10.1 Å². The summed E-state index contributed by atoms with van der Waals surface area (Å²) >= 11 is 0. The van der Waals surface area contributed by atoms with Gasteiger partial charge in [-0.3, -0.25) is 0 Å². The second-order valence-corrected chi connectivity index (χ2v) is 5.56. The molecule has 1 aliphatic heterocycles. The van der Waals surface area contributed by atoms with E-state index in [2.05, 4.69) is 37.4 Å². The summed E-state index contributed by atoms with van der Waals surface area (Å²) in [5, 5.41) is 12.1. The van der Waals surface area contributed by atoms with Gasteiger partial charge in [-0.2, -0.15) is 0 Å². The molecule has 0 bridgehead atoms. The standard InChI is InChI=1S/C15H23NO2/c1-15(2,11-16-7-8-17)13-5-6-14-12(10-13)4-3-9-18-14/h5-6,10,16-17H,3-4,7-9,11H2,1-2H3. The molecule has 0 saturated heterocycles. The van der Waals surface area contributed by atoms with Crippen molar-refractivity contribution in [1.29, 1.82) is 0 Å². The van der Waals surface area contributed by atoms with E-state index in [9.17, 15) is 0 Å². The normalized spacial score (nSPS) is 15.1. The Morgan fingerprint density at radius 2 is 2.22 bits per heavy atom. The molecule has 100 valence electrons. The minimum absolute atomic E-state index is 0.0711. The smallest absolute Gasteiger partial charge is 0.122 e. The molecule has 0 radical (unpaired) electrons. The second-order valence-electron chi connectivity index (χ2n) is 5.56. The Morgan fingerprint density at radius 3 is 3.00 bits per heavy atom. The molecule has 0 fully saturated rings. The van der Waals surface area contributed by atoms with Gasteiger partial charge in [0.2, 0.25) is 0 Å². The maximum Gasteiger partial charge on any atom is 0.122 e. The van der Waals surface area contributed by atoms with Crippen LogP contribution in [0.15, 0.2) is 18.2 Å². The van der Waals surface area contributed by atoms with E-state index in [0.717, 1.165) is 31.7 Å². The maximum atomic E-state index is 8.81. The van der Waals surface area contributed by atoms with Gasteiger partial charge in [0.1, 0.15) is 5.75 Å². The van der Waals surface area contributed by atoms with Gasteiger partial charge in [0.05, 0.1) is 13.2 Å². The van der Waals surface area contributed by atoms with Crippen molar-refractivity contribution in [3.8, 4) is 5.75 Å². The highest BCUT2D eigenvalue weighted by atomic mass is 16.5. The zero-order valence-electron chi connectivity index (χ0n) is 11.3. The molecular weight excluding hydrogens is 226 g/mol. The fourth-order valence-electron chi connectivity index (χ4n) is 2.36. The van der Waals surface area contributed by atoms with Gasteiger partial charge in [0.15, 0.2) is 0 Å². The first-order chi connectivity index (χ1) is 8.63. The third-order valence-electron chi connectivity index (χ3n) is 3.55. The zero-order valence-corrected chi connectivity index (χ0v) is 11.3. The van der Waals surface area contributed by atoms with Crippen molar-refractivity contribution < 1.29 is 9.84 Å². The number of benzene rings is 1. The highest BCUT2D eigenvalue weighted by Gasteiger charge is 2.22. The van der Waals surface area contributed by atoms with Gasteiger partial charge in [0, 0.05) is 18.5 Å². The largest absolute Gasteiger partial charge is 0.493 e. The van der Waals surface area contributed by atoms with Crippen molar-refractivity contribution in [2.75, 3.05) is 26.3 Å². The first-order valence-corrected chi connectivity index (χ1v) is 6.71. The Hall–Kier alpha value is -1.06. The Morgan fingerprint density at radius 1 is 1.39 bits per heavy atom. The van der Waals surface area contributed by atoms with Crippen LogP contribution in [0.25, 0.3) is 0 Å². The van der Waals surface area contributed by atoms with Crippen LogP contribution in [0.5, 0.6) is 5.75 Å². The third kappa shape index (κ3) is 3.03. The fourth-order valence-corrected chi connectivity index (χ4v) is 2.36. The lowest BCUT2D eigenvalue weighted by molar-refractivity contribution is 0.285. The number of aryl methyl sites for hydroxylation is 1. The van der Waals surface area contributed by atoms with Crippen molar-refractivity contribution in [3.63, 3.8) is 0 Å². The molecule has 2 N–H and O–H groups in total. The number of hydrogen-bond donors (Lipinski definition) is 2. The number of ether oxygens (including phenoxy) is 1. The molecule has 2 rings (SSSR count). The summed E-state index contributed by atoms with van der Waals surface area (Å²) in [6.07, 6.45) is 2.23. The summed E-state index contributed by atoms with van der Waals surface area (Å²) in [7, 11) is 0. The van der Waals surface area contributed by atoms with Crippen LogP contribution in [0.4, 0.5) is 0 Å². The quantitative estimate of drug-likeness (QED) is 0.783. The highest BCUT2D eigenvalue weighted by Crippen LogP contribution is 2.30. The molecule has 0 aliphatic carbocycles. The minimum atomic E-state index is 0.0711. The van der Waals surface area contributed by atoms with E-state index in [-0.39, 0.29) is 12.0 Å². The van der Waals surface area contributed by atoms with Crippen LogP contribution in [0.3, 0.4) is 0 Å². The number of nitrogens with one attached hydrogen (secondary N) is 1. The van der Waals surface area contributed by atoms with E-state index in [0.29, 0.717) is 6.54 Å². The van der Waals surface area contributed by atoms with Gasteiger partial charge >= 0.3 is 0 Å². The first-order valence-electron chi connectivity index (χ1n) is 6.71. The summed E-state index contributed by atoms with van der Waals surface area (Å²) in [6, 6.07) is 6.53. The van der Waals surface area contributed by atoms with Gasteiger partial charge in [0.25, 0.3) is 0 Å². The Labute approximate surface area is 109 Å².